The molecule has 0 fully saturated rings. The molecule has 0 radical (unpaired) electrons. The van der Waals surface area contributed by atoms with Crippen LogP contribution in [0.15, 0.2) is 36.4 Å². The number of rotatable bonds is 2. The van der Waals surface area contributed by atoms with Crippen LogP contribution in [-0.2, 0) is 0 Å². The maximum absolute atomic E-state index is 8.78. The van der Waals surface area contributed by atoms with Gasteiger partial charge in [0.2, 0.25) is 5.88 Å². The molecule has 17 heavy (non-hydrogen) atoms. The van der Waals surface area contributed by atoms with Gasteiger partial charge in [-0.2, -0.15) is 5.26 Å². The van der Waals surface area contributed by atoms with Crippen molar-refractivity contribution in [3.05, 3.63) is 52.1 Å². The monoisotopic (exact) mass is 264 g/mol. The zero-order valence-electron chi connectivity index (χ0n) is 8.52. The first-order valence-electron chi connectivity index (χ1n) is 4.68. The van der Waals surface area contributed by atoms with Crippen LogP contribution in [0.3, 0.4) is 0 Å². The molecule has 5 heteroatoms. The second kappa shape index (κ2) is 5.05. The van der Waals surface area contributed by atoms with Crippen molar-refractivity contribution in [1.82, 2.24) is 4.98 Å². The molecule has 0 aliphatic rings. The molecule has 0 spiro atoms. The van der Waals surface area contributed by atoms with Crippen LogP contribution in [0.25, 0.3) is 0 Å². The summed E-state index contributed by atoms with van der Waals surface area (Å²) >= 11 is 11.6. The number of hydrogen-bond acceptors (Lipinski definition) is 3. The lowest BCUT2D eigenvalue weighted by molar-refractivity contribution is 0.463. The minimum atomic E-state index is 0.209. The van der Waals surface area contributed by atoms with E-state index in [9.17, 15) is 0 Å². The summed E-state index contributed by atoms with van der Waals surface area (Å²) < 4.78 is 5.45. The molecule has 0 bridgehead atoms. The average Bonchev–Trinajstić information content (AvgIpc) is 2.28. The maximum atomic E-state index is 8.78. The summed E-state index contributed by atoms with van der Waals surface area (Å²) in [5, 5.41) is 9.55. The third-order valence-corrected chi connectivity index (χ3v) is 2.35. The predicted octanol–water partition coefficient (Wildman–Crippen LogP) is 4.05. The summed E-state index contributed by atoms with van der Waals surface area (Å²) in [5.74, 6) is 0.799. The Bertz CT molecular complexity index is 593. The molecule has 1 aromatic heterocycles. The number of hydrogen-bond donors (Lipinski definition) is 0. The molecule has 2 rings (SSSR count). The van der Waals surface area contributed by atoms with Crippen LogP contribution in [-0.4, -0.2) is 4.98 Å². The van der Waals surface area contributed by atoms with Crippen LogP contribution >= 0.6 is 23.2 Å². The molecule has 0 N–H and O–H groups in total. The normalized spacial score (nSPS) is 9.71. The van der Waals surface area contributed by atoms with Gasteiger partial charge in [0.05, 0.1) is 11.6 Å². The largest absolute Gasteiger partial charge is 0.439 e. The lowest BCUT2D eigenvalue weighted by Gasteiger charge is -2.05. The zero-order chi connectivity index (χ0) is 12.3. The van der Waals surface area contributed by atoms with Crippen molar-refractivity contribution in [3.8, 4) is 17.7 Å². The van der Waals surface area contributed by atoms with Gasteiger partial charge < -0.3 is 4.74 Å². The quantitative estimate of drug-likeness (QED) is 0.769. The van der Waals surface area contributed by atoms with Crippen molar-refractivity contribution in [3.63, 3.8) is 0 Å². The van der Waals surface area contributed by atoms with E-state index in [4.69, 9.17) is 33.2 Å². The van der Waals surface area contributed by atoms with Crippen LogP contribution in [0.2, 0.25) is 10.2 Å². The highest BCUT2D eigenvalue weighted by atomic mass is 35.5. The van der Waals surface area contributed by atoms with Gasteiger partial charge in [0, 0.05) is 11.1 Å². The van der Waals surface area contributed by atoms with Crippen LogP contribution < -0.4 is 4.74 Å². The van der Waals surface area contributed by atoms with Gasteiger partial charge >= 0.3 is 0 Å². The molecule has 0 unspecified atom stereocenters. The van der Waals surface area contributed by atoms with Gasteiger partial charge in [-0.25, -0.2) is 4.98 Å². The maximum Gasteiger partial charge on any atom is 0.221 e. The number of nitriles is 1. The molecule has 0 atom stereocenters. The lowest BCUT2D eigenvalue weighted by atomic mass is 10.3. The Balaban J connectivity index is 2.30. The van der Waals surface area contributed by atoms with Gasteiger partial charge in [0.25, 0.3) is 0 Å². The zero-order valence-corrected chi connectivity index (χ0v) is 10.0. The molecule has 3 nitrogen and oxygen atoms in total. The van der Waals surface area contributed by atoms with E-state index in [-0.39, 0.29) is 11.0 Å². The smallest absolute Gasteiger partial charge is 0.221 e. The Labute approximate surface area is 108 Å². The Morgan fingerprint density at radius 2 is 2.00 bits per heavy atom. The molecule has 1 aromatic carbocycles. The highest BCUT2D eigenvalue weighted by Gasteiger charge is 2.03. The van der Waals surface area contributed by atoms with Gasteiger partial charge in [0.1, 0.15) is 10.9 Å². The standard InChI is InChI=1S/C12H6Cl2N2O/c13-9-2-1-3-10(6-9)17-12-5-8(7-15)4-11(14)16-12/h1-6H. The van der Waals surface area contributed by atoms with Crippen molar-refractivity contribution in [2.24, 2.45) is 0 Å². The summed E-state index contributed by atoms with van der Waals surface area (Å²) in [6.07, 6.45) is 0. The summed E-state index contributed by atoms with van der Waals surface area (Å²) in [6.45, 7) is 0. The Morgan fingerprint density at radius 1 is 1.18 bits per heavy atom. The highest BCUT2D eigenvalue weighted by molar-refractivity contribution is 6.30. The van der Waals surface area contributed by atoms with E-state index in [2.05, 4.69) is 4.98 Å². The summed E-state index contributed by atoms with van der Waals surface area (Å²) in [7, 11) is 0. The average molecular weight is 265 g/mol. The molecule has 0 saturated heterocycles. The van der Waals surface area contributed by atoms with Gasteiger partial charge in [-0.05, 0) is 24.3 Å². The van der Waals surface area contributed by atoms with Gasteiger partial charge in [-0.3, -0.25) is 0 Å². The molecule has 2 aromatic rings. The Kier molecular flexibility index (Phi) is 3.48. The fraction of sp³-hybridized carbons (Fsp3) is 0. The summed E-state index contributed by atoms with van der Waals surface area (Å²) in [6, 6.07) is 11.8. The number of nitrogens with zero attached hydrogens (tertiary/aromatic N) is 2. The number of benzene rings is 1. The third kappa shape index (κ3) is 3.10. The van der Waals surface area contributed by atoms with Gasteiger partial charge in [0.15, 0.2) is 0 Å². The molecular formula is C12H6Cl2N2O. The number of ether oxygens (including phenoxy) is 1. The molecule has 0 aliphatic carbocycles. The van der Waals surface area contributed by atoms with Crippen molar-refractivity contribution in [1.29, 1.82) is 5.26 Å². The fourth-order valence-corrected chi connectivity index (χ4v) is 1.62. The van der Waals surface area contributed by atoms with Crippen molar-refractivity contribution in [2.75, 3.05) is 0 Å². The first-order valence-corrected chi connectivity index (χ1v) is 5.44. The van der Waals surface area contributed by atoms with Gasteiger partial charge in [-0.1, -0.05) is 29.3 Å². The topological polar surface area (TPSA) is 45.9 Å². The SMILES string of the molecule is N#Cc1cc(Cl)nc(Oc2cccc(Cl)c2)c1. The lowest BCUT2D eigenvalue weighted by Crippen LogP contribution is -1.89. The van der Waals surface area contributed by atoms with E-state index >= 15 is 0 Å². The number of halogens is 2. The van der Waals surface area contributed by atoms with Crippen LogP contribution in [0.1, 0.15) is 5.56 Å². The van der Waals surface area contributed by atoms with Crippen LogP contribution in [0.4, 0.5) is 0 Å². The number of pyridine rings is 1. The number of aromatic nitrogens is 1. The second-order valence-electron chi connectivity index (χ2n) is 3.19. The minimum Gasteiger partial charge on any atom is -0.439 e. The molecule has 0 saturated carbocycles. The molecule has 1 heterocycles. The van der Waals surface area contributed by atoms with Crippen molar-refractivity contribution < 1.29 is 4.74 Å². The fourth-order valence-electron chi connectivity index (χ4n) is 1.24. The van der Waals surface area contributed by atoms with Crippen molar-refractivity contribution in [2.45, 2.75) is 0 Å². The molecule has 0 amide bonds. The van der Waals surface area contributed by atoms with E-state index in [0.717, 1.165) is 0 Å². The molecule has 84 valence electrons. The Hall–Kier alpha value is -1.76. The predicted molar refractivity (Wildman–Crippen MR) is 65.5 cm³/mol. The third-order valence-electron chi connectivity index (χ3n) is 1.92. The van der Waals surface area contributed by atoms with E-state index in [0.29, 0.717) is 16.3 Å². The van der Waals surface area contributed by atoms with Crippen LogP contribution in [0, 0.1) is 11.3 Å². The molecular weight excluding hydrogens is 259 g/mol. The second-order valence-corrected chi connectivity index (χ2v) is 4.01. The van der Waals surface area contributed by atoms with E-state index in [1.165, 1.54) is 12.1 Å². The van der Waals surface area contributed by atoms with E-state index in [1.807, 2.05) is 6.07 Å². The van der Waals surface area contributed by atoms with E-state index < -0.39 is 0 Å². The Morgan fingerprint density at radius 3 is 2.71 bits per heavy atom. The first kappa shape index (κ1) is 11.7. The summed E-state index contributed by atoms with van der Waals surface area (Å²) in [5.41, 5.74) is 0.391. The van der Waals surface area contributed by atoms with Crippen LogP contribution in [0.5, 0.6) is 11.6 Å². The minimum absolute atomic E-state index is 0.209. The first-order chi connectivity index (χ1) is 8.17. The molecule has 0 aliphatic heterocycles. The highest BCUT2D eigenvalue weighted by Crippen LogP contribution is 2.24. The van der Waals surface area contributed by atoms with E-state index in [1.54, 1.807) is 24.3 Å². The summed E-state index contributed by atoms with van der Waals surface area (Å²) in [4.78, 5) is 3.96. The van der Waals surface area contributed by atoms with Crippen molar-refractivity contribution >= 4 is 23.2 Å². The van der Waals surface area contributed by atoms with Gasteiger partial charge in [-0.15, -0.1) is 0 Å².